The van der Waals surface area contributed by atoms with E-state index in [1.54, 1.807) is 0 Å². The van der Waals surface area contributed by atoms with Gasteiger partial charge in [-0.3, -0.25) is 0 Å². The maximum absolute atomic E-state index is 12.0. The lowest BCUT2D eigenvalue weighted by molar-refractivity contribution is -0.157. The van der Waals surface area contributed by atoms with Crippen LogP contribution in [0.2, 0.25) is 0 Å². The maximum Gasteiger partial charge on any atom is 0.441 e. The molecule has 2 aliphatic carbocycles. The van der Waals surface area contributed by atoms with E-state index in [0.717, 1.165) is 18.4 Å². The molecule has 3 rings (SSSR count). The number of hydrogen-bond donors (Lipinski definition) is 2. The minimum atomic E-state index is -0.803. The van der Waals surface area contributed by atoms with Gasteiger partial charge in [-0.2, -0.15) is 0 Å². The summed E-state index contributed by atoms with van der Waals surface area (Å²) in [5, 5.41) is 9.81. The molecule has 4 unspecified atom stereocenters. The van der Waals surface area contributed by atoms with Crippen LogP contribution in [0.5, 0.6) is 0 Å². The van der Waals surface area contributed by atoms with E-state index in [1.807, 2.05) is 35.8 Å². The van der Waals surface area contributed by atoms with Gasteiger partial charge in [0.05, 0.1) is 12.0 Å². The number of carbonyl (C=O) groups excluding carboxylic acids is 2. The molecule has 0 aliphatic heterocycles. The fraction of sp³-hybridized carbons (Fsp3) is 0.500. The van der Waals surface area contributed by atoms with E-state index in [-0.39, 0.29) is 24.4 Å². The molecule has 0 radical (unpaired) electrons. The molecule has 0 heterocycles. The summed E-state index contributed by atoms with van der Waals surface area (Å²) in [6.07, 6.45) is 1.18. The van der Waals surface area contributed by atoms with Crippen molar-refractivity contribution in [2.75, 3.05) is 0 Å². The van der Waals surface area contributed by atoms with E-state index in [1.165, 1.54) is 0 Å². The third kappa shape index (κ3) is 3.06. The van der Waals surface area contributed by atoms with Crippen LogP contribution in [-0.2, 0) is 21.0 Å². The summed E-state index contributed by atoms with van der Waals surface area (Å²) in [6, 6.07) is 9.22. The quantitative estimate of drug-likeness (QED) is 0.832. The molecule has 2 aliphatic rings. The molecule has 22 heavy (non-hydrogen) atoms. The van der Waals surface area contributed by atoms with Crippen molar-refractivity contribution in [1.82, 2.24) is 5.48 Å². The number of carbonyl (C=O) groups is 2. The van der Waals surface area contributed by atoms with Crippen LogP contribution in [0.15, 0.2) is 30.3 Å². The van der Waals surface area contributed by atoms with Crippen LogP contribution in [0, 0.1) is 17.8 Å². The second kappa shape index (κ2) is 6.36. The van der Waals surface area contributed by atoms with Gasteiger partial charge in [-0.1, -0.05) is 30.3 Å². The monoisotopic (exact) mass is 305 g/mol. The van der Waals surface area contributed by atoms with Gasteiger partial charge in [0.25, 0.3) is 0 Å². The number of hydrogen-bond acceptors (Lipinski definition) is 5. The lowest BCUT2D eigenvalue weighted by Crippen LogP contribution is -2.33. The fourth-order valence-electron chi connectivity index (χ4n) is 3.58. The van der Waals surface area contributed by atoms with Crippen molar-refractivity contribution in [3.8, 4) is 0 Å². The van der Waals surface area contributed by atoms with Crippen LogP contribution < -0.4 is 5.48 Å². The minimum Gasteiger partial charge on any atom is -0.443 e. The number of ether oxygens (including phenoxy) is 1. The molecular formula is C16H19NO5. The molecule has 2 N–H and O–H groups in total. The first-order valence-corrected chi connectivity index (χ1v) is 7.50. The standard InChI is InChI=1S/C16H19NO5/c18-13-8-11-6-7-12(13)14(11)15(19)22-17-16(20)21-9-10-4-2-1-3-5-10/h1-5,11-14,18H,6-9H2,(H,17,20). The Hall–Kier alpha value is -2.08. The Morgan fingerprint density at radius 2 is 2.00 bits per heavy atom. The van der Waals surface area contributed by atoms with Crippen molar-refractivity contribution >= 4 is 12.1 Å². The van der Waals surface area contributed by atoms with Gasteiger partial charge >= 0.3 is 12.1 Å². The number of hydroxylamine groups is 1. The van der Waals surface area contributed by atoms with Crippen molar-refractivity contribution in [2.24, 2.45) is 17.8 Å². The molecule has 118 valence electrons. The lowest BCUT2D eigenvalue weighted by Gasteiger charge is -2.16. The molecule has 4 atom stereocenters. The van der Waals surface area contributed by atoms with Crippen LogP contribution in [0.4, 0.5) is 4.79 Å². The summed E-state index contributed by atoms with van der Waals surface area (Å²) in [5.41, 5.74) is 2.87. The van der Waals surface area contributed by atoms with Crippen molar-refractivity contribution in [3.63, 3.8) is 0 Å². The van der Waals surface area contributed by atoms with E-state index < -0.39 is 18.2 Å². The second-order valence-corrected chi connectivity index (χ2v) is 5.92. The zero-order valence-corrected chi connectivity index (χ0v) is 12.1. The van der Waals surface area contributed by atoms with Crippen LogP contribution in [0.1, 0.15) is 24.8 Å². The van der Waals surface area contributed by atoms with Gasteiger partial charge in [0.15, 0.2) is 0 Å². The number of benzene rings is 1. The third-order valence-electron chi connectivity index (χ3n) is 4.60. The number of amides is 1. The second-order valence-electron chi connectivity index (χ2n) is 5.92. The number of fused-ring (bicyclic) bond motifs is 2. The van der Waals surface area contributed by atoms with E-state index in [9.17, 15) is 14.7 Å². The smallest absolute Gasteiger partial charge is 0.441 e. The van der Waals surface area contributed by atoms with Crippen molar-refractivity contribution in [3.05, 3.63) is 35.9 Å². The van der Waals surface area contributed by atoms with Crippen molar-refractivity contribution in [2.45, 2.75) is 32.0 Å². The molecule has 0 spiro atoms. The summed E-state index contributed by atoms with van der Waals surface area (Å²) in [4.78, 5) is 28.4. The van der Waals surface area contributed by atoms with Crippen LogP contribution >= 0.6 is 0 Å². The van der Waals surface area contributed by atoms with Gasteiger partial charge in [0.2, 0.25) is 0 Å². The van der Waals surface area contributed by atoms with Crippen LogP contribution in [-0.4, -0.2) is 23.3 Å². The Kier molecular flexibility index (Phi) is 4.29. The first kappa shape index (κ1) is 14.8. The highest BCUT2D eigenvalue weighted by Gasteiger charge is 2.51. The first-order valence-electron chi connectivity index (χ1n) is 7.50. The average molecular weight is 305 g/mol. The molecule has 1 amide bonds. The normalized spacial score (nSPS) is 29.1. The van der Waals surface area contributed by atoms with Gasteiger partial charge < -0.3 is 14.7 Å². The molecule has 0 saturated heterocycles. The molecule has 0 aromatic heterocycles. The Labute approximate surface area is 128 Å². The van der Waals surface area contributed by atoms with Crippen LogP contribution in [0.25, 0.3) is 0 Å². The third-order valence-corrected chi connectivity index (χ3v) is 4.60. The molecule has 6 nitrogen and oxygen atoms in total. The summed E-state index contributed by atoms with van der Waals surface area (Å²) in [6.45, 7) is 0.109. The maximum atomic E-state index is 12.0. The highest BCUT2D eigenvalue weighted by atomic mass is 16.7. The van der Waals surface area contributed by atoms with Gasteiger partial charge in [0, 0.05) is 0 Å². The molecule has 2 fully saturated rings. The molecular weight excluding hydrogens is 286 g/mol. The Morgan fingerprint density at radius 1 is 1.23 bits per heavy atom. The van der Waals surface area contributed by atoms with E-state index in [4.69, 9.17) is 9.57 Å². The van der Waals surface area contributed by atoms with Gasteiger partial charge in [0.1, 0.15) is 6.61 Å². The largest absolute Gasteiger partial charge is 0.443 e. The van der Waals surface area contributed by atoms with Gasteiger partial charge in [-0.25, -0.2) is 9.59 Å². The van der Waals surface area contributed by atoms with Crippen LogP contribution in [0.3, 0.4) is 0 Å². The SMILES string of the molecule is O=C(NOC(=O)C1C2CCC1C(O)C2)OCc1ccccc1. The average Bonchev–Trinajstić information content (AvgIpc) is 3.08. The van der Waals surface area contributed by atoms with E-state index in [0.29, 0.717) is 6.42 Å². The topological polar surface area (TPSA) is 84.9 Å². The van der Waals surface area contributed by atoms with Gasteiger partial charge in [-0.05, 0) is 36.7 Å². The van der Waals surface area contributed by atoms with E-state index >= 15 is 0 Å². The molecule has 6 heteroatoms. The van der Waals surface area contributed by atoms with Gasteiger partial charge in [-0.15, -0.1) is 5.48 Å². The Balaban J connectivity index is 1.42. The molecule has 2 saturated carbocycles. The first-order chi connectivity index (χ1) is 10.6. The molecule has 1 aromatic rings. The number of aliphatic hydroxyl groups is 1. The summed E-state index contributed by atoms with van der Waals surface area (Å²) in [7, 11) is 0. The minimum absolute atomic E-state index is 0.0420. The zero-order chi connectivity index (χ0) is 15.5. The Morgan fingerprint density at radius 3 is 2.64 bits per heavy atom. The number of aliphatic hydroxyl groups excluding tert-OH is 1. The molecule has 1 aromatic carbocycles. The van der Waals surface area contributed by atoms with Crippen molar-refractivity contribution in [1.29, 1.82) is 0 Å². The summed E-state index contributed by atoms with van der Waals surface area (Å²) < 4.78 is 4.95. The number of nitrogens with one attached hydrogen (secondary N) is 1. The van der Waals surface area contributed by atoms with Crippen molar-refractivity contribution < 1.29 is 24.3 Å². The highest BCUT2D eigenvalue weighted by molar-refractivity contribution is 5.76. The van der Waals surface area contributed by atoms with E-state index in [2.05, 4.69) is 0 Å². The summed E-state index contributed by atoms with van der Waals surface area (Å²) >= 11 is 0. The molecule has 2 bridgehead atoms. The fourth-order valence-corrected chi connectivity index (χ4v) is 3.58. The highest BCUT2D eigenvalue weighted by Crippen LogP contribution is 2.49. The predicted molar refractivity (Wildman–Crippen MR) is 76.2 cm³/mol. The zero-order valence-electron chi connectivity index (χ0n) is 12.1. The predicted octanol–water partition coefficient (Wildman–Crippen LogP) is 1.78. The summed E-state index contributed by atoms with van der Waals surface area (Å²) in [5.74, 6) is -0.681. The number of rotatable bonds is 3. The Bertz CT molecular complexity index is 547. The lowest BCUT2D eigenvalue weighted by atomic mass is 9.97.